The Morgan fingerprint density at radius 1 is 1.04 bits per heavy atom. The molecule has 0 aromatic heterocycles. The molecule has 2 aromatic rings. The highest BCUT2D eigenvalue weighted by Crippen LogP contribution is 2.22. The molecule has 0 bridgehead atoms. The number of methoxy groups -OCH3 is 1. The minimum absolute atomic E-state index is 0.276. The van der Waals surface area contributed by atoms with E-state index in [1.807, 2.05) is 0 Å². The van der Waals surface area contributed by atoms with Crippen molar-refractivity contribution in [3.63, 3.8) is 0 Å². The molecule has 0 saturated heterocycles. The van der Waals surface area contributed by atoms with Crippen LogP contribution in [0.15, 0.2) is 48.5 Å². The van der Waals surface area contributed by atoms with Gasteiger partial charge in [-0.05, 0) is 36.2 Å². The number of rotatable bonds is 7. The summed E-state index contributed by atoms with van der Waals surface area (Å²) in [5, 5.41) is 5.31. The number of benzene rings is 2. The van der Waals surface area contributed by atoms with Gasteiger partial charge in [-0.2, -0.15) is 0 Å². The molecule has 2 rings (SSSR count). The van der Waals surface area contributed by atoms with Crippen LogP contribution in [0.5, 0.6) is 5.75 Å². The van der Waals surface area contributed by atoms with Crippen molar-refractivity contribution in [1.82, 2.24) is 5.32 Å². The van der Waals surface area contributed by atoms with Gasteiger partial charge in [-0.1, -0.05) is 24.3 Å². The summed E-state index contributed by atoms with van der Waals surface area (Å²) in [4.78, 5) is 23.7. The maximum Gasteiger partial charge on any atom is 0.233 e. The molecule has 0 radical (unpaired) electrons. The summed E-state index contributed by atoms with van der Waals surface area (Å²) < 4.78 is 17.9. The SMILES string of the molecule is COc1ccccc1NC(=O)CC(=O)NCCc1ccc(F)cc1. The Bertz CT molecular complexity index is 702. The minimum atomic E-state index is -0.418. The number of hydrogen-bond donors (Lipinski definition) is 2. The third kappa shape index (κ3) is 5.39. The number of para-hydroxylation sites is 2. The second-order valence-corrected chi connectivity index (χ2v) is 5.15. The first-order valence-electron chi connectivity index (χ1n) is 7.52. The van der Waals surface area contributed by atoms with E-state index in [9.17, 15) is 14.0 Å². The van der Waals surface area contributed by atoms with Gasteiger partial charge in [-0.25, -0.2) is 4.39 Å². The molecule has 0 aliphatic rings. The lowest BCUT2D eigenvalue weighted by atomic mass is 10.1. The van der Waals surface area contributed by atoms with Gasteiger partial charge in [0.15, 0.2) is 0 Å². The van der Waals surface area contributed by atoms with E-state index < -0.39 is 5.91 Å². The Morgan fingerprint density at radius 2 is 1.75 bits per heavy atom. The minimum Gasteiger partial charge on any atom is -0.495 e. The quantitative estimate of drug-likeness (QED) is 0.767. The fourth-order valence-electron chi connectivity index (χ4n) is 2.15. The van der Waals surface area contributed by atoms with Crippen LogP contribution in [0.4, 0.5) is 10.1 Å². The highest BCUT2D eigenvalue weighted by atomic mass is 19.1. The zero-order valence-electron chi connectivity index (χ0n) is 13.3. The predicted molar refractivity (Wildman–Crippen MR) is 89.4 cm³/mol. The zero-order valence-corrected chi connectivity index (χ0v) is 13.3. The first kappa shape index (κ1) is 17.5. The molecule has 0 aliphatic carbocycles. The van der Waals surface area contributed by atoms with Gasteiger partial charge >= 0.3 is 0 Å². The Labute approximate surface area is 139 Å². The summed E-state index contributed by atoms with van der Waals surface area (Å²) in [5.41, 5.74) is 1.43. The van der Waals surface area contributed by atoms with Crippen LogP contribution in [0, 0.1) is 5.82 Å². The number of carbonyl (C=O) groups is 2. The molecule has 24 heavy (non-hydrogen) atoms. The third-order valence-corrected chi connectivity index (χ3v) is 3.35. The highest BCUT2D eigenvalue weighted by molar-refractivity contribution is 6.04. The smallest absolute Gasteiger partial charge is 0.233 e. The zero-order chi connectivity index (χ0) is 17.4. The van der Waals surface area contributed by atoms with Gasteiger partial charge in [0.05, 0.1) is 12.8 Å². The monoisotopic (exact) mass is 330 g/mol. The summed E-state index contributed by atoms with van der Waals surface area (Å²) in [6.45, 7) is 0.381. The van der Waals surface area contributed by atoms with Crippen LogP contribution in [0.2, 0.25) is 0 Å². The van der Waals surface area contributed by atoms with Crippen LogP contribution in [-0.4, -0.2) is 25.5 Å². The highest BCUT2D eigenvalue weighted by Gasteiger charge is 2.11. The summed E-state index contributed by atoms with van der Waals surface area (Å²) in [6.07, 6.45) is 0.293. The molecule has 6 heteroatoms. The van der Waals surface area contributed by atoms with Crippen molar-refractivity contribution in [2.75, 3.05) is 19.0 Å². The van der Waals surface area contributed by atoms with Crippen molar-refractivity contribution in [3.8, 4) is 5.75 Å². The van der Waals surface area contributed by atoms with Crippen LogP contribution in [0.1, 0.15) is 12.0 Å². The number of amides is 2. The molecule has 0 saturated carbocycles. The van der Waals surface area contributed by atoms with Gasteiger partial charge in [0, 0.05) is 6.54 Å². The molecule has 126 valence electrons. The summed E-state index contributed by atoms with van der Waals surface area (Å²) in [5.74, 6) is -0.554. The fourth-order valence-corrected chi connectivity index (χ4v) is 2.15. The Kier molecular flexibility index (Phi) is 6.31. The number of hydrogen-bond acceptors (Lipinski definition) is 3. The molecular weight excluding hydrogens is 311 g/mol. The van der Waals surface area contributed by atoms with E-state index in [2.05, 4.69) is 10.6 Å². The first-order chi connectivity index (χ1) is 11.6. The van der Waals surface area contributed by atoms with Crippen LogP contribution in [0.25, 0.3) is 0 Å². The Morgan fingerprint density at radius 3 is 2.46 bits per heavy atom. The van der Waals surface area contributed by atoms with Gasteiger partial charge in [-0.3, -0.25) is 9.59 Å². The molecule has 5 nitrogen and oxygen atoms in total. The first-order valence-corrected chi connectivity index (χ1v) is 7.52. The van der Waals surface area contributed by atoms with Gasteiger partial charge in [-0.15, -0.1) is 0 Å². The standard InChI is InChI=1S/C18H19FN2O3/c1-24-16-5-3-2-4-15(16)21-18(23)12-17(22)20-11-10-13-6-8-14(19)9-7-13/h2-9H,10-12H2,1H3,(H,20,22)(H,21,23). The van der Waals surface area contributed by atoms with Crippen molar-refractivity contribution in [2.45, 2.75) is 12.8 Å². The van der Waals surface area contributed by atoms with Crippen molar-refractivity contribution in [2.24, 2.45) is 0 Å². The molecule has 2 aromatic carbocycles. The average Bonchev–Trinajstić information content (AvgIpc) is 2.57. The second kappa shape index (κ2) is 8.67. The molecule has 0 atom stereocenters. The van der Waals surface area contributed by atoms with Crippen molar-refractivity contribution >= 4 is 17.5 Å². The van der Waals surface area contributed by atoms with Crippen LogP contribution in [-0.2, 0) is 16.0 Å². The Hall–Kier alpha value is -2.89. The number of ether oxygens (including phenoxy) is 1. The Balaban J connectivity index is 1.75. The molecule has 0 heterocycles. The van der Waals surface area contributed by atoms with E-state index in [4.69, 9.17) is 4.74 Å². The molecular formula is C18H19FN2O3. The number of carbonyl (C=O) groups excluding carboxylic acids is 2. The lowest BCUT2D eigenvalue weighted by Crippen LogP contribution is -2.29. The topological polar surface area (TPSA) is 67.4 Å². The predicted octanol–water partition coefficient (Wildman–Crippen LogP) is 2.52. The second-order valence-electron chi connectivity index (χ2n) is 5.15. The molecule has 0 aliphatic heterocycles. The van der Waals surface area contributed by atoms with Gasteiger partial charge in [0.25, 0.3) is 0 Å². The van der Waals surface area contributed by atoms with Gasteiger partial charge in [0.2, 0.25) is 11.8 Å². The number of anilines is 1. The van der Waals surface area contributed by atoms with E-state index in [-0.39, 0.29) is 18.1 Å². The number of halogens is 1. The van der Waals surface area contributed by atoms with Gasteiger partial charge < -0.3 is 15.4 Å². The van der Waals surface area contributed by atoms with Crippen molar-refractivity contribution in [3.05, 3.63) is 59.9 Å². The van der Waals surface area contributed by atoms with E-state index in [0.717, 1.165) is 5.56 Å². The fraction of sp³-hybridized carbons (Fsp3) is 0.222. The van der Waals surface area contributed by atoms with Crippen molar-refractivity contribution < 1.29 is 18.7 Å². The summed E-state index contributed by atoms with van der Waals surface area (Å²) >= 11 is 0. The largest absolute Gasteiger partial charge is 0.495 e. The lowest BCUT2D eigenvalue weighted by molar-refractivity contribution is -0.126. The third-order valence-electron chi connectivity index (χ3n) is 3.35. The molecule has 2 amide bonds. The number of nitrogens with one attached hydrogen (secondary N) is 2. The van der Waals surface area contributed by atoms with E-state index in [1.54, 1.807) is 36.4 Å². The van der Waals surface area contributed by atoms with Crippen LogP contribution < -0.4 is 15.4 Å². The molecule has 0 fully saturated rings. The van der Waals surface area contributed by atoms with E-state index in [0.29, 0.717) is 24.4 Å². The van der Waals surface area contributed by atoms with Crippen LogP contribution in [0.3, 0.4) is 0 Å². The molecule has 0 unspecified atom stereocenters. The normalized spacial score (nSPS) is 10.1. The van der Waals surface area contributed by atoms with Crippen molar-refractivity contribution in [1.29, 1.82) is 0 Å². The lowest BCUT2D eigenvalue weighted by Gasteiger charge is -2.10. The maximum atomic E-state index is 12.8. The van der Waals surface area contributed by atoms with Gasteiger partial charge in [0.1, 0.15) is 18.0 Å². The summed E-state index contributed by atoms with van der Waals surface area (Å²) in [7, 11) is 1.51. The van der Waals surface area contributed by atoms with E-state index in [1.165, 1.54) is 19.2 Å². The van der Waals surface area contributed by atoms with Crippen LogP contribution >= 0.6 is 0 Å². The maximum absolute atomic E-state index is 12.8. The molecule has 0 spiro atoms. The molecule has 2 N–H and O–H groups in total. The van der Waals surface area contributed by atoms with E-state index >= 15 is 0 Å². The average molecular weight is 330 g/mol. The summed E-state index contributed by atoms with van der Waals surface area (Å²) in [6, 6.07) is 13.0.